The highest BCUT2D eigenvalue weighted by Crippen LogP contribution is 2.16. The lowest BCUT2D eigenvalue weighted by molar-refractivity contribution is -0.120. The summed E-state index contributed by atoms with van der Waals surface area (Å²) in [6.45, 7) is 2.58. The summed E-state index contributed by atoms with van der Waals surface area (Å²) >= 11 is 0. The van der Waals surface area contributed by atoms with Gasteiger partial charge in [0, 0.05) is 31.7 Å². The molecule has 0 radical (unpaired) electrons. The number of hydrogen-bond acceptors (Lipinski definition) is 1. The van der Waals surface area contributed by atoms with E-state index in [0.717, 1.165) is 6.42 Å². The van der Waals surface area contributed by atoms with E-state index >= 15 is 0 Å². The summed E-state index contributed by atoms with van der Waals surface area (Å²) in [5.74, 6) is 0.116. The summed E-state index contributed by atoms with van der Waals surface area (Å²) < 4.78 is 2.11. The Hall–Kier alpha value is -1.77. The normalized spacial score (nSPS) is 10.7. The highest BCUT2D eigenvalue weighted by atomic mass is 16.1. The molecule has 2 aromatic rings. The van der Waals surface area contributed by atoms with Crippen LogP contribution in [0.1, 0.15) is 18.9 Å². The minimum Gasteiger partial charge on any atom is -0.356 e. The highest BCUT2D eigenvalue weighted by Gasteiger charge is 2.00. The average Bonchev–Trinajstić information content (AvgIpc) is 2.70. The Morgan fingerprint density at radius 1 is 1.35 bits per heavy atom. The van der Waals surface area contributed by atoms with Gasteiger partial charge in [0.1, 0.15) is 0 Å². The molecule has 1 N–H and O–H groups in total. The zero-order valence-corrected chi connectivity index (χ0v) is 10.4. The number of carbonyl (C=O) groups is 1. The van der Waals surface area contributed by atoms with E-state index in [0.29, 0.717) is 13.0 Å². The van der Waals surface area contributed by atoms with Gasteiger partial charge in [-0.2, -0.15) is 0 Å². The van der Waals surface area contributed by atoms with Crippen molar-refractivity contribution in [2.45, 2.75) is 19.8 Å². The molecule has 0 fully saturated rings. The zero-order chi connectivity index (χ0) is 12.3. The van der Waals surface area contributed by atoms with Gasteiger partial charge >= 0.3 is 0 Å². The number of hydrogen-bond donors (Lipinski definition) is 1. The van der Waals surface area contributed by atoms with Gasteiger partial charge in [-0.3, -0.25) is 4.79 Å². The van der Waals surface area contributed by atoms with Gasteiger partial charge in [0.2, 0.25) is 5.91 Å². The van der Waals surface area contributed by atoms with Crippen LogP contribution in [0.5, 0.6) is 0 Å². The third-order valence-corrected chi connectivity index (χ3v) is 3.01. The van der Waals surface area contributed by atoms with Crippen LogP contribution in [0.4, 0.5) is 0 Å². The van der Waals surface area contributed by atoms with Crippen molar-refractivity contribution in [2.75, 3.05) is 6.54 Å². The number of amides is 1. The largest absolute Gasteiger partial charge is 0.356 e. The van der Waals surface area contributed by atoms with Gasteiger partial charge in [-0.25, -0.2) is 0 Å². The first-order valence-electron chi connectivity index (χ1n) is 6.01. The van der Waals surface area contributed by atoms with E-state index in [1.807, 2.05) is 14.0 Å². The second kappa shape index (κ2) is 5.04. The predicted molar refractivity (Wildman–Crippen MR) is 69.9 cm³/mol. The topological polar surface area (TPSA) is 34.0 Å². The summed E-state index contributed by atoms with van der Waals surface area (Å²) in [6, 6.07) is 8.56. The Kier molecular flexibility index (Phi) is 3.47. The van der Waals surface area contributed by atoms with Crippen molar-refractivity contribution in [3.63, 3.8) is 0 Å². The van der Waals surface area contributed by atoms with E-state index in [1.165, 1.54) is 16.5 Å². The molecular weight excluding hydrogens is 212 g/mol. The molecule has 0 atom stereocenters. The van der Waals surface area contributed by atoms with Crippen molar-refractivity contribution < 1.29 is 4.79 Å². The first-order valence-corrected chi connectivity index (χ1v) is 6.01. The molecule has 0 aliphatic heterocycles. The maximum absolute atomic E-state index is 11.1. The maximum Gasteiger partial charge on any atom is 0.219 e. The van der Waals surface area contributed by atoms with Crippen molar-refractivity contribution in [3.8, 4) is 0 Å². The van der Waals surface area contributed by atoms with Gasteiger partial charge in [0.25, 0.3) is 0 Å². The Morgan fingerprint density at radius 2 is 2.18 bits per heavy atom. The van der Waals surface area contributed by atoms with E-state index in [9.17, 15) is 4.79 Å². The lowest BCUT2D eigenvalue weighted by Gasteiger charge is -2.04. The average molecular weight is 230 g/mol. The van der Waals surface area contributed by atoms with Crippen LogP contribution in [-0.4, -0.2) is 17.0 Å². The van der Waals surface area contributed by atoms with Crippen LogP contribution in [0.25, 0.3) is 10.9 Å². The third kappa shape index (κ3) is 2.67. The number of carbonyl (C=O) groups excluding carboxylic acids is 1. The minimum absolute atomic E-state index is 0.116. The lowest BCUT2D eigenvalue weighted by Crippen LogP contribution is -2.24. The summed E-state index contributed by atoms with van der Waals surface area (Å²) in [4.78, 5) is 11.1. The summed E-state index contributed by atoms with van der Waals surface area (Å²) in [6.07, 6.45) is 3.50. The SMILES string of the molecule is CCC(=O)NCCc1ccc2c(ccn2C)c1. The van der Waals surface area contributed by atoms with Crippen molar-refractivity contribution in [1.82, 2.24) is 9.88 Å². The minimum atomic E-state index is 0.116. The predicted octanol–water partition coefficient (Wildman–Crippen LogP) is 2.25. The van der Waals surface area contributed by atoms with E-state index in [1.54, 1.807) is 0 Å². The second-order valence-corrected chi connectivity index (χ2v) is 4.27. The third-order valence-electron chi connectivity index (χ3n) is 3.01. The van der Waals surface area contributed by atoms with Gasteiger partial charge in [0.15, 0.2) is 0 Å². The van der Waals surface area contributed by atoms with Crippen LogP contribution >= 0.6 is 0 Å². The smallest absolute Gasteiger partial charge is 0.219 e. The molecule has 0 spiro atoms. The number of benzene rings is 1. The standard InChI is InChI=1S/C14H18N2O/c1-3-14(17)15-8-6-11-4-5-13-12(10-11)7-9-16(13)2/h4-5,7,9-10H,3,6,8H2,1-2H3,(H,15,17). The second-order valence-electron chi connectivity index (χ2n) is 4.27. The van der Waals surface area contributed by atoms with Gasteiger partial charge in [-0.15, -0.1) is 0 Å². The lowest BCUT2D eigenvalue weighted by atomic mass is 10.1. The molecule has 90 valence electrons. The van der Waals surface area contributed by atoms with E-state index < -0.39 is 0 Å². The zero-order valence-electron chi connectivity index (χ0n) is 10.4. The highest BCUT2D eigenvalue weighted by molar-refractivity contribution is 5.80. The number of fused-ring (bicyclic) bond motifs is 1. The fourth-order valence-corrected chi connectivity index (χ4v) is 1.96. The molecule has 2 rings (SSSR count). The van der Waals surface area contributed by atoms with Crippen LogP contribution in [0.15, 0.2) is 30.5 Å². The van der Waals surface area contributed by atoms with E-state index in [-0.39, 0.29) is 5.91 Å². The Bertz CT molecular complexity index is 528. The fraction of sp³-hybridized carbons (Fsp3) is 0.357. The monoisotopic (exact) mass is 230 g/mol. The maximum atomic E-state index is 11.1. The Balaban J connectivity index is 2.02. The van der Waals surface area contributed by atoms with Crippen LogP contribution in [-0.2, 0) is 18.3 Å². The van der Waals surface area contributed by atoms with Crippen LogP contribution in [0.2, 0.25) is 0 Å². The fourth-order valence-electron chi connectivity index (χ4n) is 1.96. The molecule has 1 aromatic heterocycles. The van der Waals surface area contributed by atoms with Crippen LogP contribution in [0, 0.1) is 0 Å². The molecule has 0 unspecified atom stereocenters. The molecule has 1 aromatic carbocycles. The molecular formula is C14H18N2O. The molecule has 0 saturated carbocycles. The number of rotatable bonds is 4. The summed E-state index contributed by atoms with van der Waals surface area (Å²) in [7, 11) is 2.05. The first kappa shape index (κ1) is 11.7. The van der Waals surface area contributed by atoms with Crippen molar-refractivity contribution in [2.24, 2.45) is 7.05 Å². The van der Waals surface area contributed by atoms with Gasteiger partial charge in [0.05, 0.1) is 0 Å². The van der Waals surface area contributed by atoms with Crippen LogP contribution in [0.3, 0.4) is 0 Å². The van der Waals surface area contributed by atoms with Gasteiger partial charge < -0.3 is 9.88 Å². The van der Waals surface area contributed by atoms with Gasteiger partial charge in [-0.05, 0) is 35.6 Å². The van der Waals surface area contributed by atoms with E-state index in [4.69, 9.17) is 0 Å². The van der Waals surface area contributed by atoms with Crippen molar-refractivity contribution in [1.29, 1.82) is 0 Å². The first-order chi connectivity index (χ1) is 8.20. The molecule has 0 aliphatic rings. The van der Waals surface area contributed by atoms with Gasteiger partial charge in [-0.1, -0.05) is 13.0 Å². The molecule has 3 nitrogen and oxygen atoms in total. The number of nitrogens with one attached hydrogen (secondary N) is 1. The molecule has 3 heteroatoms. The molecule has 1 amide bonds. The number of aryl methyl sites for hydroxylation is 1. The van der Waals surface area contributed by atoms with Crippen molar-refractivity contribution in [3.05, 3.63) is 36.0 Å². The van der Waals surface area contributed by atoms with E-state index in [2.05, 4.69) is 40.3 Å². The molecule has 1 heterocycles. The molecule has 0 aliphatic carbocycles. The summed E-state index contributed by atoms with van der Waals surface area (Å²) in [5.41, 5.74) is 2.51. The quantitative estimate of drug-likeness (QED) is 0.858. The molecule has 0 saturated heterocycles. The van der Waals surface area contributed by atoms with Crippen molar-refractivity contribution >= 4 is 16.8 Å². The summed E-state index contributed by atoms with van der Waals surface area (Å²) in [5, 5.41) is 4.15. The molecule has 0 bridgehead atoms. The van der Waals surface area contributed by atoms with Crippen LogP contribution < -0.4 is 5.32 Å². The Morgan fingerprint density at radius 3 is 2.94 bits per heavy atom. The molecule has 17 heavy (non-hydrogen) atoms. The Labute approximate surface area is 101 Å². The number of aromatic nitrogens is 1. The number of nitrogens with zero attached hydrogens (tertiary/aromatic N) is 1.